The lowest BCUT2D eigenvalue weighted by Gasteiger charge is -2.27. The Hall–Kier alpha value is -4.94. The Bertz CT molecular complexity index is 1710. The third-order valence-electron chi connectivity index (χ3n) is 6.55. The number of carbonyl (C=O) groups excluding carboxylic acids is 2. The number of carbonyl (C=O) groups is 2. The molecule has 13 heteroatoms. The van der Waals surface area contributed by atoms with E-state index in [0.717, 1.165) is 34.3 Å². The van der Waals surface area contributed by atoms with Crippen LogP contribution in [0.15, 0.2) is 94.9 Å². The summed E-state index contributed by atoms with van der Waals surface area (Å²) >= 11 is 0. The second-order valence-electron chi connectivity index (χ2n) is 9.73. The molecule has 4 aromatic rings. The molecule has 0 fully saturated rings. The van der Waals surface area contributed by atoms with Crippen molar-refractivity contribution in [2.45, 2.75) is 25.4 Å². The summed E-state index contributed by atoms with van der Waals surface area (Å²) in [7, 11) is 0. The lowest BCUT2D eigenvalue weighted by molar-refractivity contribution is -0.143. The summed E-state index contributed by atoms with van der Waals surface area (Å²) in [5, 5.41) is 0.229. The van der Waals surface area contributed by atoms with Gasteiger partial charge >= 0.3 is 12.4 Å². The first-order valence-corrected chi connectivity index (χ1v) is 12.9. The normalized spacial score (nSPS) is 11.8. The average Bonchev–Trinajstić information content (AvgIpc) is 2.97. The Morgan fingerprint density at radius 3 is 2.05 bits per heavy atom. The van der Waals surface area contributed by atoms with Crippen LogP contribution in [0.4, 0.5) is 30.7 Å². The Labute approximate surface area is 245 Å². The minimum Gasteiger partial charge on any atom is -0.464 e. The van der Waals surface area contributed by atoms with Gasteiger partial charge in [0.25, 0.3) is 5.91 Å². The van der Waals surface area contributed by atoms with Gasteiger partial charge in [-0.15, -0.1) is 6.58 Å². The smallest absolute Gasteiger partial charge is 0.416 e. The van der Waals surface area contributed by atoms with Crippen molar-refractivity contribution >= 4 is 22.8 Å². The fourth-order valence-corrected chi connectivity index (χ4v) is 4.37. The number of alkyl halides is 6. The van der Waals surface area contributed by atoms with Crippen molar-refractivity contribution in [1.29, 1.82) is 0 Å². The molecule has 0 aliphatic carbocycles. The van der Waals surface area contributed by atoms with Gasteiger partial charge in [-0.1, -0.05) is 30.3 Å². The topological polar surface area (TPSA) is 70.8 Å². The Kier molecular flexibility index (Phi) is 9.26. The Balaban J connectivity index is 1.69. The van der Waals surface area contributed by atoms with Gasteiger partial charge in [0.2, 0.25) is 5.91 Å². The highest BCUT2D eigenvalue weighted by Crippen LogP contribution is 2.36. The third kappa shape index (κ3) is 7.52. The summed E-state index contributed by atoms with van der Waals surface area (Å²) in [6, 6.07) is 11.8. The second kappa shape index (κ2) is 12.7. The maximum absolute atomic E-state index is 13.6. The highest BCUT2D eigenvalue weighted by Gasteiger charge is 2.38. The molecule has 1 aromatic heterocycles. The SMILES string of the molecule is C=CCN(CC(=O)N(Cc1ccc(F)cc1)Cc1coc2ccccc2c1=O)C(=O)c1cc(C(F)(F)F)cc(C(F)(F)F)c1. The fraction of sp³-hybridized carbons (Fsp3) is 0.194. The van der Waals surface area contributed by atoms with Gasteiger partial charge in [-0.2, -0.15) is 26.3 Å². The van der Waals surface area contributed by atoms with Gasteiger partial charge in [0.15, 0.2) is 5.43 Å². The van der Waals surface area contributed by atoms with Gasteiger partial charge in [0.05, 0.1) is 34.9 Å². The number of benzene rings is 3. The number of halogens is 7. The van der Waals surface area contributed by atoms with E-state index in [1.54, 1.807) is 18.2 Å². The summed E-state index contributed by atoms with van der Waals surface area (Å²) < 4.78 is 99.5. The van der Waals surface area contributed by atoms with Crippen molar-refractivity contribution in [1.82, 2.24) is 9.80 Å². The molecule has 3 aromatic carbocycles. The second-order valence-corrected chi connectivity index (χ2v) is 9.73. The molecule has 0 saturated carbocycles. The first kappa shape index (κ1) is 32.0. The van der Waals surface area contributed by atoms with Crippen molar-refractivity contribution in [2.24, 2.45) is 0 Å². The number of hydrogen-bond donors (Lipinski definition) is 0. The Morgan fingerprint density at radius 2 is 1.45 bits per heavy atom. The molecule has 2 amide bonds. The number of amides is 2. The molecule has 0 aliphatic rings. The van der Waals surface area contributed by atoms with Crippen LogP contribution in [0, 0.1) is 5.82 Å². The van der Waals surface area contributed by atoms with E-state index in [-0.39, 0.29) is 42.2 Å². The molecule has 0 bridgehead atoms. The highest BCUT2D eigenvalue weighted by molar-refractivity contribution is 5.97. The molecule has 6 nitrogen and oxygen atoms in total. The molecule has 0 saturated heterocycles. The number of fused-ring (bicyclic) bond motifs is 1. The maximum atomic E-state index is 13.6. The van der Waals surface area contributed by atoms with Crippen molar-refractivity contribution in [2.75, 3.05) is 13.1 Å². The number of rotatable bonds is 9. The fourth-order valence-electron chi connectivity index (χ4n) is 4.37. The zero-order valence-electron chi connectivity index (χ0n) is 22.7. The van der Waals surface area contributed by atoms with E-state index in [2.05, 4.69) is 6.58 Å². The van der Waals surface area contributed by atoms with Gasteiger partial charge in [0, 0.05) is 18.7 Å². The zero-order chi connectivity index (χ0) is 32.2. The molecular formula is C31H23F7N2O4. The van der Waals surface area contributed by atoms with Gasteiger partial charge in [0.1, 0.15) is 17.9 Å². The van der Waals surface area contributed by atoms with Crippen LogP contribution >= 0.6 is 0 Å². The molecule has 230 valence electrons. The first-order valence-electron chi connectivity index (χ1n) is 12.9. The quantitative estimate of drug-likeness (QED) is 0.152. The molecule has 44 heavy (non-hydrogen) atoms. The molecule has 0 aliphatic heterocycles. The van der Waals surface area contributed by atoms with Crippen molar-refractivity contribution in [3.63, 3.8) is 0 Å². The number of para-hydroxylation sites is 1. The minimum absolute atomic E-state index is 0.0495. The summed E-state index contributed by atoms with van der Waals surface area (Å²) in [4.78, 5) is 41.8. The third-order valence-corrected chi connectivity index (χ3v) is 6.55. The molecular weight excluding hydrogens is 597 g/mol. The summed E-state index contributed by atoms with van der Waals surface area (Å²) in [5.41, 5.74) is -4.01. The largest absolute Gasteiger partial charge is 0.464 e. The molecule has 0 radical (unpaired) electrons. The highest BCUT2D eigenvalue weighted by atomic mass is 19.4. The summed E-state index contributed by atoms with van der Waals surface area (Å²) in [6.45, 7) is 1.71. The van der Waals surface area contributed by atoms with E-state index in [9.17, 15) is 45.1 Å². The molecule has 0 spiro atoms. The first-order chi connectivity index (χ1) is 20.7. The molecule has 0 unspecified atom stereocenters. The van der Waals surface area contributed by atoms with Crippen LogP contribution in [-0.4, -0.2) is 34.7 Å². The molecule has 4 rings (SSSR count). The van der Waals surface area contributed by atoms with Crippen LogP contribution in [0.1, 0.15) is 32.6 Å². The van der Waals surface area contributed by atoms with Crippen molar-refractivity contribution < 1.29 is 44.7 Å². The van der Waals surface area contributed by atoms with Gasteiger partial charge < -0.3 is 14.2 Å². The van der Waals surface area contributed by atoms with Crippen molar-refractivity contribution in [3.8, 4) is 0 Å². The van der Waals surface area contributed by atoms with E-state index in [4.69, 9.17) is 4.42 Å². The zero-order valence-corrected chi connectivity index (χ0v) is 22.7. The lowest BCUT2D eigenvalue weighted by Crippen LogP contribution is -2.43. The van der Waals surface area contributed by atoms with Crippen molar-refractivity contribution in [3.05, 3.63) is 130 Å². The van der Waals surface area contributed by atoms with E-state index >= 15 is 0 Å². The van der Waals surface area contributed by atoms with E-state index in [0.29, 0.717) is 11.1 Å². The number of hydrogen-bond acceptors (Lipinski definition) is 4. The number of nitrogens with zero attached hydrogens (tertiary/aromatic N) is 2. The van der Waals surface area contributed by atoms with Crippen LogP contribution in [0.3, 0.4) is 0 Å². The predicted octanol–water partition coefficient (Wildman–Crippen LogP) is 6.83. The average molecular weight is 621 g/mol. The van der Waals surface area contributed by atoms with E-state index in [1.807, 2.05) is 0 Å². The summed E-state index contributed by atoms with van der Waals surface area (Å²) in [6.07, 6.45) is -8.08. The Morgan fingerprint density at radius 1 is 0.841 bits per heavy atom. The van der Waals surface area contributed by atoms with Crippen LogP contribution in [0.5, 0.6) is 0 Å². The monoisotopic (exact) mass is 620 g/mol. The van der Waals surface area contributed by atoms with Crippen LogP contribution < -0.4 is 5.43 Å². The van der Waals surface area contributed by atoms with Crippen LogP contribution in [-0.2, 0) is 30.2 Å². The van der Waals surface area contributed by atoms with Gasteiger partial charge in [-0.25, -0.2) is 4.39 Å². The molecule has 0 atom stereocenters. The van der Waals surface area contributed by atoms with Gasteiger partial charge in [-0.05, 0) is 48.0 Å². The summed E-state index contributed by atoms with van der Waals surface area (Å²) in [5.74, 6) is -2.66. The van der Waals surface area contributed by atoms with Crippen LogP contribution in [0.2, 0.25) is 0 Å². The predicted molar refractivity (Wildman–Crippen MR) is 146 cm³/mol. The van der Waals surface area contributed by atoms with E-state index in [1.165, 1.54) is 18.2 Å². The maximum Gasteiger partial charge on any atom is 0.416 e. The van der Waals surface area contributed by atoms with Crippen LogP contribution in [0.25, 0.3) is 11.0 Å². The van der Waals surface area contributed by atoms with E-state index < -0.39 is 65.2 Å². The van der Waals surface area contributed by atoms with Gasteiger partial charge in [-0.3, -0.25) is 14.4 Å². The minimum atomic E-state index is -5.19. The standard InChI is InChI=1S/C31H23F7N2O4/c1-2-11-39(29(43)20-12-22(30(33,34)35)14-23(13-20)31(36,37)38)17-27(41)40(15-19-7-9-24(32)10-8-19)16-21-18-44-26-6-4-3-5-25(26)28(21)42/h2-10,12-14,18H,1,11,15-17H2. The molecule has 1 heterocycles. The molecule has 0 N–H and O–H groups in total. The lowest BCUT2D eigenvalue weighted by atomic mass is 10.0.